The van der Waals surface area contributed by atoms with E-state index in [-0.39, 0.29) is 36.1 Å². The van der Waals surface area contributed by atoms with Gasteiger partial charge in [0.1, 0.15) is 0 Å². The fraction of sp³-hybridized carbons (Fsp3) is 0.692. The lowest BCUT2D eigenvalue weighted by atomic mass is 9.86. The minimum Gasteiger partial charge on any atom is -0.337 e. The van der Waals surface area contributed by atoms with Gasteiger partial charge in [-0.3, -0.25) is 9.48 Å². The van der Waals surface area contributed by atoms with Gasteiger partial charge in [0.15, 0.2) is 0 Å². The van der Waals surface area contributed by atoms with Gasteiger partial charge in [-0.15, -0.1) is 24.8 Å². The van der Waals surface area contributed by atoms with Crippen molar-refractivity contribution in [2.45, 2.75) is 40.3 Å². The second kappa shape index (κ2) is 8.49. The Labute approximate surface area is 133 Å². The van der Waals surface area contributed by atoms with Crippen LogP contribution in [0.1, 0.15) is 33.3 Å². The predicted molar refractivity (Wildman–Crippen MR) is 86.2 cm³/mol. The molecule has 0 aromatic carbocycles. The maximum Gasteiger partial charge on any atom is 0.240 e. The van der Waals surface area contributed by atoms with Gasteiger partial charge in [0.05, 0.1) is 12.2 Å². The molecule has 0 spiro atoms. The number of amides is 1. The van der Waals surface area contributed by atoms with E-state index < -0.39 is 6.04 Å². The van der Waals surface area contributed by atoms with Crippen molar-refractivity contribution >= 4 is 30.7 Å². The van der Waals surface area contributed by atoms with E-state index in [1.807, 2.05) is 40.9 Å². The van der Waals surface area contributed by atoms with Crippen LogP contribution < -0.4 is 5.73 Å². The number of halogens is 2. The van der Waals surface area contributed by atoms with Crippen LogP contribution in [0.3, 0.4) is 0 Å². The molecule has 1 rings (SSSR count). The molecule has 1 aromatic rings. The van der Waals surface area contributed by atoms with Crippen LogP contribution in [0.5, 0.6) is 0 Å². The normalized spacial score (nSPS) is 12.1. The van der Waals surface area contributed by atoms with Crippen molar-refractivity contribution in [2.24, 2.45) is 18.2 Å². The molecule has 2 N–H and O–H groups in total. The molecule has 1 amide bonds. The van der Waals surface area contributed by atoms with Gasteiger partial charge in [0.2, 0.25) is 5.91 Å². The number of aryl methyl sites for hydroxylation is 1. The zero-order valence-corrected chi connectivity index (χ0v) is 14.4. The first-order valence-electron chi connectivity index (χ1n) is 6.27. The first-order valence-corrected chi connectivity index (χ1v) is 6.27. The zero-order valence-electron chi connectivity index (χ0n) is 12.8. The van der Waals surface area contributed by atoms with Gasteiger partial charge >= 0.3 is 0 Å². The van der Waals surface area contributed by atoms with Crippen molar-refractivity contribution in [3.63, 3.8) is 0 Å². The van der Waals surface area contributed by atoms with Crippen molar-refractivity contribution in [3.05, 3.63) is 18.0 Å². The molecule has 0 aliphatic rings. The van der Waals surface area contributed by atoms with Gasteiger partial charge in [-0.2, -0.15) is 5.10 Å². The molecule has 1 aromatic heterocycles. The molecule has 0 bridgehead atoms. The summed E-state index contributed by atoms with van der Waals surface area (Å²) in [6.45, 7) is 9.11. The number of likely N-dealkylation sites (N-methyl/N-ethyl adjacent to an activating group) is 1. The van der Waals surface area contributed by atoms with E-state index in [0.29, 0.717) is 13.1 Å². The molecule has 0 aliphatic heterocycles. The molecule has 0 aliphatic carbocycles. The Morgan fingerprint density at radius 3 is 2.35 bits per heavy atom. The van der Waals surface area contributed by atoms with Crippen LogP contribution in [0.2, 0.25) is 0 Å². The molecule has 7 heteroatoms. The van der Waals surface area contributed by atoms with Gasteiger partial charge in [0.25, 0.3) is 0 Å². The topological polar surface area (TPSA) is 64.2 Å². The van der Waals surface area contributed by atoms with Gasteiger partial charge < -0.3 is 10.6 Å². The largest absolute Gasteiger partial charge is 0.337 e. The minimum absolute atomic E-state index is 0. The number of hydrogen-bond acceptors (Lipinski definition) is 3. The lowest BCUT2D eigenvalue weighted by Crippen LogP contribution is -2.50. The maximum absolute atomic E-state index is 12.3. The fourth-order valence-corrected chi connectivity index (χ4v) is 1.69. The summed E-state index contributed by atoms with van der Waals surface area (Å²) in [7, 11) is 1.86. The van der Waals surface area contributed by atoms with E-state index in [1.54, 1.807) is 15.8 Å². The van der Waals surface area contributed by atoms with Gasteiger partial charge in [0, 0.05) is 31.9 Å². The van der Waals surface area contributed by atoms with Crippen LogP contribution >= 0.6 is 24.8 Å². The highest BCUT2D eigenvalue weighted by atomic mass is 35.5. The van der Waals surface area contributed by atoms with E-state index in [9.17, 15) is 4.79 Å². The Morgan fingerprint density at radius 1 is 1.45 bits per heavy atom. The number of aromatic nitrogens is 2. The minimum atomic E-state index is -0.478. The summed E-state index contributed by atoms with van der Waals surface area (Å²) in [6, 6.07) is -0.478. The van der Waals surface area contributed by atoms with E-state index >= 15 is 0 Å². The molecule has 1 heterocycles. The third kappa shape index (κ3) is 5.69. The van der Waals surface area contributed by atoms with E-state index in [1.165, 1.54) is 0 Å². The quantitative estimate of drug-likeness (QED) is 0.921. The third-order valence-corrected chi connectivity index (χ3v) is 3.02. The first-order chi connectivity index (χ1) is 8.25. The van der Waals surface area contributed by atoms with Crippen LogP contribution in [-0.2, 0) is 18.4 Å². The Bertz CT molecular complexity index is 415. The second-order valence-electron chi connectivity index (χ2n) is 5.72. The smallest absolute Gasteiger partial charge is 0.240 e. The van der Waals surface area contributed by atoms with Crippen LogP contribution in [-0.4, -0.2) is 33.2 Å². The number of hydrogen-bond donors (Lipinski definition) is 1. The maximum atomic E-state index is 12.3. The molecule has 5 nitrogen and oxygen atoms in total. The van der Waals surface area contributed by atoms with Crippen LogP contribution in [0, 0.1) is 5.41 Å². The average Bonchev–Trinajstić information content (AvgIpc) is 2.68. The van der Waals surface area contributed by atoms with E-state index in [0.717, 1.165) is 5.56 Å². The number of nitrogens with two attached hydrogens (primary N) is 1. The predicted octanol–water partition coefficient (Wildman–Crippen LogP) is 1.99. The van der Waals surface area contributed by atoms with Gasteiger partial charge in [-0.1, -0.05) is 20.8 Å². The molecule has 1 atom stereocenters. The molecule has 0 radical (unpaired) electrons. The highest BCUT2D eigenvalue weighted by Gasteiger charge is 2.30. The Hall–Kier alpha value is -0.780. The molecule has 0 saturated heterocycles. The van der Waals surface area contributed by atoms with Crippen molar-refractivity contribution < 1.29 is 4.79 Å². The monoisotopic (exact) mass is 324 g/mol. The number of carbonyl (C=O) groups excluding carboxylic acids is 1. The zero-order chi connectivity index (χ0) is 13.9. The SMILES string of the molecule is CCN(Cc1cnn(C)c1)C(=O)[C@@H](N)C(C)(C)C.Cl.Cl. The fourth-order valence-electron chi connectivity index (χ4n) is 1.69. The molecule has 0 saturated carbocycles. The van der Waals surface area contributed by atoms with Crippen molar-refractivity contribution in [3.8, 4) is 0 Å². The lowest BCUT2D eigenvalue weighted by molar-refractivity contribution is -0.135. The molecule has 20 heavy (non-hydrogen) atoms. The number of rotatable bonds is 4. The highest BCUT2D eigenvalue weighted by molar-refractivity contribution is 5.85. The summed E-state index contributed by atoms with van der Waals surface area (Å²) in [5, 5.41) is 4.10. The first kappa shape index (κ1) is 21.5. The molecule has 0 unspecified atom stereocenters. The summed E-state index contributed by atoms with van der Waals surface area (Å²) in [5.41, 5.74) is 6.82. The average molecular weight is 325 g/mol. The summed E-state index contributed by atoms with van der Waals surface area (Å²) in [6.07, 6.45) is 3.69. The highest BCUT2D eigenvalue weighted by Crippen LogP contribution is 2.19. The Balaban J connectivity index is 0. The third-order valence-electron chi connectivity index (χ3n) is 3.02. The molecular weight excluding hydrogens is 299 g/mol. The molecule has 0 fully saturated rings. The summed E-state index contributed by atoms with van der Waals surface area (Å²) >= 11 is 0. The van der Waals surface area contributed by atoms with Crippen LogP contribution in [0.15, 0.2) is 12.4 Å². The van der Waals surface area contributed by atoms with Crippen molar-refractivity contribution in [1.29, 1.82) is 0 Å². The summed E-state index contributed by atoms with van der Waals surface area (Å²) < 4.78 is 1.73. The standard InChI is InChI=1S/C13H24N4O.2ClH/c1-6-17(9-10-7-15-16(5)8-10)12(18)11(14)13(2,3)4;;/h7-8,11H,6,9,14H2,1-5H3;2*1H/t11-;;/m1../s1. The van der Waals surface area contributed by atoms with Crippen molar-refractivity contribution in [2.75, 3.05) is 6.54 Å². The van der Waals surface area contributed by atoms with Gasteiger partial charge in [-0.05, 0) is 12.3 Å². The van der Waals surface area contributed by atoms with E-state index in [2.05, 4.69) is 5.10 Å². The molecular formula is C13H26Cl2N4O. The molecule has 118 valence electrons. The number of nitrogens with zero attached hydrogens (tertiary/aromatic N) is 3. The van der Waals surface area contributed by atoms with Crippen LogP contribution in [0.25, 0.3) is 0 Å². The van der Waals surface area contributed by atoms with Crippen molar-refractivity contribution in [1.82, 2.24) is 14.7 Å². The summed E-state index contributed by atoms with van der Waals surface area (Å²) in [4.78, 5) is 14.1. The van der Waals surface area contributed by atoms with Gasteiger partial charge in [-0.25, -0.2) is 0 Å². The lowest BCUT2D eigenvalue weighted by Gasteiger charge is -2.31. The van der Waals surface area contributed by atoms with Crippen LogP contribution in [0.4, 0.5) is 0 Å². The second-order valence-corrected chi connectivity index (χ2v) is 5.72. The summed E-state index contributed by atoms with van der Waals surface area (Å²) in [5.74, 6) is -0.00569. The number of carbonyl (C=O) groups is 1. The van der Waals surface area contributed by atoms with E-state index in [4.69, 9.17) is 5.73 Å². The Morgan fingerprint density at radius 2 is 2.00 bits per heavy atom. The Kier molecular flexibility index (Phi) is 9.14.